The zero-order chi connectivity index (χ0) is 24.3. The minimum Gasteiger partial charge on any atom is -0.353 e. The molecule has 0 aliphatic carbocycles. The summed E-state index contributed by atoms with van der Waals surface area (Å²) in [7, 11) is 0. The number of carbonyl (C=O) groups is 2. The van der Waals surface area contributed by atoms with E-state index in [0.717, 1.165) is 10.7 Å². The highest BCUT2D eigenvalue weighted by Gasteiger charge is 2.34. The van der Waals surface area contributed by atoms with Gasteiger partial charge in [-0.1, -0.05) is 32.9 Å². The Balaban J connectivity index is 2.01. The lowest BCUT2D eigenvalue weighted by Crippen LogP contribution is -2.54. The number of fused-ring (bicyclic) bond motifs is 1. The normalized spacial score (nSPS) is 12.6. The minimum absolute atomic E-state index is 0.0183. The number of amides is 2. The van der Waals surface area contributed by atoms with Gasteiger partial charge in [-0.2, -0.15) is 17.7 Å². The molecule has 3 aromatic rings. The Hall–Kier alpha value is -3.01. The molecule has 0 aliphatic rings. The van der Waals surface area contributed by atoms with E-state index in [-0.39, 0.29) is 23.1 Å². The van der Waals surface area contributed by atoms with Crippen molar-refractivity contribution in [1.29, 1.82) is 0 Å². The van der Waals surface area contributed by atoms with E-state index in [4.69, 9.17) is 0 Å². The third-order valence-corrected chi connectivity index (χ3v) is 5.30. The molecule has 3 rings (SSSR count). The van der Waals surface area contributed by atoms with Crippen molar-refractivity contribution in [3.63, 3.8) is 0 Å². The molecule has 0 fully saturated rings. The van der Waals surface area contributed by atoms with Gasteiger partial charge in [0.15, 0.2) is 17.3 Å². The van der Waals surface area contributed by atoms with Crippen LogP contribution in [0.3, 0.4) is 0 Å². The average Bonchev–Trinajstić information content (AvgIpc) is 3.12. The molecule has 33 heavy (non-hydrogen) atoms. The third kappa shape index (κ3) is 5.50. The van der Waals surface area contributed by atoms with Crippen LogP contribution >= 0.6 is 12.6 Å². The summed E-state index contributed by atoms with van der Waals surface area (Å²) >= 11 is 4.07. The maximum Gasteiger partial charge on any atom is 0.273 e. The largest absolute Gasteiger partial charge is 0.353 e. The van der Waals surface area contributed by atoms with Crippen molar-refractivity contribution in [2.24, 2.45) is 5.41 Å². The van der Waals surface area contributed by atoms with E-state index in [0.29, 0.717) is 17.9 Å². The number of carbonyl (C=O) groups excluding carboxylic acids is 2. The molecule has 10 heteroatoms. The topological polar surface area (TPSA) is 76.0 Å². The zero-order valence-electron chi connectivity index (χ0n) is 18.5. The number of nitrogens with one attached hydrogen (secondary N) is 2. The Morgan fingerprint density at radius 3 is 2.36 bits per heavy atom. The third-order valence-electron chi connectivity index (χ3n) is 5.08. The molecule has 0 spiro atoms. The fraction of sp³-hybridized carbons (Fsp3) is 0.348. The number of halogens is 3. The number of hydrogen-bond acceptors (Lipinski definition) is 4. The van der Waals surface area contributed by atoms with Gasteiger partial charge in [0.2, 0.25) is 5.91 Å². The van der Waals surface area contributed by atoms with E-state index in [1.165, 1.54) is 30.3 Å². The van der Waals surface area contributed by atoms with Crippen LogP contribution in [0.5, 0.6) is 0 Å². The summed E-state index contributed by atoms with van der Waals surface area (Å²) in [5.41, 5.74) is -0.408. The van der Waals surface area contributed by atoms with Gasteiger partial charge in [-0.3, -0.25) is 14.3 Å². The number of rotatable bonds is 7. The summed E-state index contributed by atoms with van der Waals surface area (Å²) in [4.78, 5) is 25.8. The van der Waals surface area contributed by atoms with Crippen molar-refractivity contribution >= 4 is 35.3 Å². The van der Waals surface area contributed by atoms with E-state index in [1.807, 2.05) is 0 Å². The molecule has 0 radical (unpaired) electrons. The second-order valence-corrected chi connectivity index (χ2v) is 9.12. The molecule has 6 nitrogen and oxygen atoms in total. The molecule has 0 saturated carbocycles. The molecule has 0 saturated heterocycles. The molecular formula is C23H25F3N4O2S. The fourth-order valence-corrected chi connectivity index (χ4v) is 3.52. The first-order valence-corrected chi connectivity index (χ1v) is 10.9. The maximum absolute atomic E-state index is 14.7. The van der Waals surface area contributed by atoms with Gasteiger partial charge in [-0.05, 0) is 35.2 Å². The van der Waals surface area contributed by atoms with Gasteiger partial charge >= 0.3 is 0 Å². The summed E-state index contributed by atoms with van der Waals surface area (Å²) in [5, 5.41) is 9.69. The molecule has 1 heterocycles. The van der Waals surface area contributed by atoms with Crippen LogP contribution in [0, 0.1) is 22.9 Å². The molecule has 0 bridgehead atoms. The van der Waals surface area contributed by atoms with E-state index >= 15 is 0 Å². The molecule has 2 amide bonds. The van der Waals surface area contributed by atoms with Crippen LogP contribution < -0.4 is 10.6 Å². The lowest BCUT2D eigenvalue weighted by molar-refractivity contribution is -0.125. The molecule has 1 unspecified atom stereocenters. The van der Waals surface area contributed by atoms with Crippen molar-refractivity contribution in [3.05, 3.63) is 65.1 Å². The SMILES string of the molecule is CC(C)(C)C(NC(=O)c1nn(Cc2ccc(F)cc2)c2c(F)c(F)ccc12)C(=O)NCCS. The van der Waals surface area contributed by atoms with Crippen molar-refractivity contribution in [2.75, 3.05) is 12.3 Å². The molecule has 1 aromatic heterocycles. The summed E-state index contributed by atoms with van der Waals surface area (Å²) in [5.74, 6) is -3.35. The average molecular weight is 479 g/mol. The number of hydrogen-bond donors (Lipinski definition) is 3. The Bertz CT molecular complexity index is 1170. The van der Waals surface area contributed by atoms with E-state index in [2.05, 4.69) is 28.4 Å². The Morgan fingerprint density at radius 1 is 1.09 bits per heavy atom. The van der Waals surface area contributed by atoms with Crippen molar-refractivity contribution in [3.8, 4) is 0 Å². The quantitative estimate of drug-likeness (QED) is 0.454. The van der Waals surface area contributed by atoms with Crippen LogP contribution in [-0.4, -0.2) is 39.9 Å². The monoisotopic (exact) mass is 478 g/mol. The van der Waals surface area contributed by atoms with Gasteiger partial charge in [0.05, 0.1) is 6.54 Å². The summed E-state index contributed by atoms with van der Waals surface area (Å²) in [6.07, 6.45) is 0. The van der Waals surface area contributed by atoms with Crippen LogP contribution in [0.4, 0.5) is 13.2 Å². The standard InChI is InChI=1S/C23H25F3N4O2S/c1-23(2,3)20(22(32)27-10-11-33)28-21(31)18-15-8-9-16(25)17(26)19(15)30(29-18)12-13-4-6-14(24)7-5-13/h4-9,20,33H,10-12H2,1-3H3,(H,27,32)(H,28,31). The Labute approximate surface area is 195 Å². The molecule has 176 valence electrons. The minimum atomic E-state index is -1.15. The van der Waals surface area contributed by atoms with Crippen LogP contribution in [-0.2, 0) is 11.3 Å². The van der Waals surface area contributed by atoms with Gasteiger partial charge in [-0.15, -0.1) is 0 Å². The Morgan fingerprint density at radius 2 is 1.76 bits per heavy atom. The highest BCUT2D eigenvalue weighted by molar-refractivity contribution is 7.80. The van der Waals surface area contributed by atoms with Crippen LogP contribution in [0.2, 0.25) is 0 Å². The van der Waals surface area contributed by atoms with Crippen molar-refractivity contribution < 1.29 is 22.8 Å². The van der Waals surface area contributed by atoms with Crippen LogP contribution in [0.25, 0.3) is 10.9 Å². The molecular weight excluding hydrogens is 453 g/mol. The van der Waals surface area contributed by atoms with Crippen LogP contribution in [0.1, 0.15) is 36.8 Å². The second-order valence-electron chi connectivity index (χ2n) is 8.68. The van der Waals surface area contributed by atoms with E-state index in [1.54, 1.807) is 20.8 Å². The number of aromatic nitrogens is 2. The smallest absolute Gasteiger partial charge is 0.273 e. The molecule has 2 aromatic carbocycles. The highest BCUT2D eigenvalue weighted by atomic mass is 32.1. The predicted octanol–water partition coefficient (Wildman–Crippen LogP) is 3.69. The number of nitrogens with zero attached hydrogens (tertiary/aromatic N) is 2. The van der Waals surface area contributed by atoms with Gasteiger partial charge in [0.25, 0.3) is 5.91 Å². The fourth-order valence-electron chi connectivity index (χ4n) is 3.41. The summed E-state index contributed by atoms with van der Waals surface area (Å²) in [6, 6.07) is 6.73. The first-order chi connectivity index (χ1) is 15.5. The van der Waals surface area contributed by atoms with Gasteiger partial charge < -0.3 is 10.6 Å². The van der Waals surface area contributed by atoms with Crippen LogP contribution in [0.15, 0.2) is 36.4 Å². The molecule has 1 atom stereocenters. The lowest BCUT2D eigenvalue weighted by Gasteiger charge is -2.30. The van der Waals surface area contributed by atoms with Crippen molar-refractivity contribution in [1.82, 2.24) is 20.4 Å². The van der Waals surface area contributed by atoms with E-state index < -0.39 is 40.7 Å². The first-order valence-electron chi connectivity index (χ1n) is 10.3. The zero-order valence-corrected chi connectivity index (χ0v) is 19.3. The molecule has 0 aliphatic heterocycles. The lowest BCUT2D eigenvalue weighted by atomic mass is 9.86. The first kappa shape index (κ1) is 24.6. The Kier molecular flexibility index (Phi) is 7.36. The predicted molar refractivity (Wildman–Crippen MR) is 123 cm³/mol. The second kappa shape index (κ2) is 9.86. The number of thiol groups is 1. The highest BCUT2D eigenvalue weighted by Crippen LogP contribution is 2.26. The van der Waals surface area contributed by atoms with E-state index in [9.17, 15) is 22.8 Å². The van der Waals surface area contributed by atoms with Gasteiger partial charge in [-0.25, -0.2) is 13.2 Å². The maximum atomic E-state index is 14.7. The molecule has 2 N–H and O–H groups in total. The van der Waals surface area contributed by atoms with Crippen molar-refractivity contribution in [2.45, 2.75) is 33.4 Å². The van der Waals surface area contributed by atoms with Gasteiger partial charge in [0, 0.05) is 17.7 Å². The van der Waals surface area contributed by atoms with Gasteiger partial charge in [0.1, 0.15) is 17.4 Å². The summed E-state index contributed by atoms with van der Waals surface area (Å²) in [6.45, 7) is 5.68. The number of benzene rings is 2. The summed E-state index contributed by atoms with van der Waals surface area (Å²) < 4.78 is 43.1.